The molecule has 0 radical (unpaired) electrons. The molecule has 2 N–H and O–H groups in total. The molecule has 0 aliphatic carbocycles. The Morgan fingerprint density at radius 3 is 2.64 bits per heavy atom. The zero-order valence-corrected chi connectivity index (χ0v) is 13.8. The van der Waals surface area contributed by atoms with E-state index >= 15 is 0 Å². The Kier molecular flexibility index (Phi) is 3.76. The van der Waals surface area contributed by atoms with Gasteiger partial charge in [0.1, 0.15) is 17.0 Å². The molecule has 25 heavy (non-hydrogen) atoms. The van der Waals surface area contributed by atoms with Crippen LogP contribution in [0.5, 0.6) is 11.6 Å². The molecule has 0 unspecified atom stereocenters. The second-order valence-electron chi connectivity index (χ2n) is 6.50. The van der Waals surface area contributed by atoms with Crippen LogP contribution in [0, 0.1) is 10.1 Å². The van der Waals surface area contributed by atoms with Crippen molar-refractivity contribution in [3.63, 3.8) is 0 Å². The number of nitro benzene ring substituents is 1. The van der Waals surface area contributed by atoms with E-state index in [1.807, 2.05) is 0 Å². The van der Waals surface area contributed by atoms with Gasteiger partial charge in [-0.25, -0.2) is 5.10 Å². The van der Waals surface area contributed by atoms with Gasteiger partial charge in [0.25, 0.3) is 11.2 Å². The fourth-order valence-electron chi connectivity index (χ4n) is 2.64. The van der Waals surface area contributed by atoms with Crippen molar-refractivity contribution in [3.05, 3.63) is 56.4 Å². The number of hydrogen-bond donors (Lipinski definition) is 2. The Morgan fingerprint density at radius 1 is 1.32 bits per heavy atom. The Bertz CT molecular complexity index is 869. The number of aromatic amines is 1. The number of aliphatic hydroxyl groups is 1. The van der Waals surface area contributed by atoms with Crippen LogP contribution >= 0.6 is 0 Å². The third-order valence-electron chi connectivity index (χ3n) is 4.47. The molecule has 3 rings (SSSR count). The molecular formula is C16H17N3O6. The molecule has 0 saturated carbocycles. The lowest BCUT2D eigenvalue weighted by atomic mass is 9.77. The van der Waals surface area contributed by atoms with Gasteiger partial charge in [0.05, 0.1) is 4.92 Å². The Morgan fingerprint density at radius 2 is 2.04 bits per heavy atom. The van der Waals surface area contributed by atoms with Gasteiger partial charge in [-0.3, -0.25) is 14.9 Å². The number of ether oxygens (including phenoxy) is 2. The van der Waals surface area contributed by atoms with Crippen LogP contribution in [0.2, 0.25) is 0 Å². The van der Waals surface area contributed by atoms with Crippen molar-refractivity contribution >= 4 is 5.69 Å². The maximum atomic E-state index is 11.1. The highest BCUT2D eigenvalue weighted by molar-refractivity contribution is 5.48. The maximum absolute atomic E-state index is 11.1. The standard InChI is InChI=1S/C16H17N3O6/c1-15(2)16(3,21)14(24-13-7-6-12(20)17-18-13)10-8-9(19(22)23)4-5-11(10)25-15/h4-8,14,21H,1-3H3,(H,17,20)/t14-,16+/m1/s1. The summed E-state index contributed by atoms with van der Waals surface area (Å²) >= 11 is 0. The normalized spacial score (nSPS) is 24.1. The number of non-ortho nitro benzene ring substituents is 1. The van der Waals surface area contributed by atoms with E-state index in [2.05, 4.69) is 10.2 Å². The molecule has 0 bridgehead atoms. The second kappa shape index (κ2) is 5.55. The first kappa shape index (κ1) is 16.9. The minimum absolute atomic E-state index is 0.0695. The molecule has 9 nitrogen and oxygen atoms in total. The van der Waals surface area contributed by atoms with E-state index < -0.39 is 27.8 Å². The predicted molar refractivity (Wildman–Crippen MR) is 86.7 cm³/mol. The van der Waals surface area contributed by atoms with Gasteiger partial charge in [-0.05, 0) is 26.8 Å². The minimum atomic E-state index is -1.53. The molecule has 2 heterocycles. The summed E-state index contributed by atoms with van der Waals surface area (Å²) in [5, 5.41) is 28.1. The average Bonchev–Trinajstić information content (AvgIpc) is 2.53. The SMILES string of the molecule is CC1(C)Oc2ccc([N+](=O)[O-])cc2[C@@H](Oc2ccc(=O)[nH]n2)[C@]1(C)O. The lowest BCUT2D eigenvalue weighted by Crippen LogP contribution is -2.59. The first-order valence-electron chi connectivity index (χ1n) is 7.54. The number of rotatable bonds is 3. The fourth-order valence-corrected chi connectivity index (χ4v) is 2.64. The summed E-state index contributed by atoms with van der Waals surface area (Å²) in [5.74, 6) is 0.441. The maximum Gasteiger partial charge on any atom is 0.270 e. The van der Waals surface area contributed by atoms with E-state index in [4.69, 9.17) is 9.47 Å². The van der Waals surface area contributed by atoms with Crippen LogP contribution in [0.4, 0.5) is 5.69 Å². The van der Waals surface area contributed by atoms with Crippen LogP contribution in [0.25, 0.3) is 0 Å². The summed E-state index contributed by atoms with van der Waals surface area (Å²) in [6.45, 7) is 4.90. The van der Waals surface area contributed by atoms with E-state index in [-0.39, 0.29) is 11.6 Å². The third-order valence-corrected chi connectivity index (χ3v) is 4.47. The van der Waals surface area contributed by atoms with Crippen molar-refractivity contribution in [1.29, 1.82) is 0 Å². The van der Waals surface area contributed by atoms with Gasteiger partial charge in [-0.1, -0.05) is 0 Å². The number of nitrogens with one attached hydrogen (secondary N) is 1. The molecule has 1 aliphatic heterocycles. The monoisotopic (exact) mass is 347 g/mol. The molecule has 0 spiro atoms. The number of H-pyrrole nitrogens is 1. The molecule has 0 fully saturated rings. The Hall–Kier alpha value is -2.94. The van der Waals surface area contributed by atoms with Gasteiger partial charge in [0.15, 0.2) is 6.10 Å². The molecule has 9 heteroatoms. The highest BCUT2D eigenvalue weighted by atomic mass is 16.6. The van der Waals surface area contributed by atoms with Crippen LogP contribution in [0.15, 0.2) is 35.1 Å². The van der Waals surface area contributed by atoms with Crippen molar-refractivity contribution in [1.82, 2.24) is 10.2 Å². The van der Waals surface area contributed by atoms with Crippen molar-refractivity contribution in [2.24, 2.45) is 0 Å². The lowest BCUT2D eigenvalue weighted by molar-refractivity contribution is -0.385. The van der Waals surface area contributed by atoms with Crippen LogP contribution in [0.1, 0.15) is 32.4 Å². The van der Waals surface area contributed by atoms with E-state index in [9.17, 15) is 20.0 Å². The van der Waals surface area contributed by atoms with E-state index in [0.717, 1.165) is 0 Å². The summed E-state index contributed by atoms with van der Waals surface area (Å²) in [5.41, 5.74) is -2.80. The molecule has 1 aliphatic rings. The minimum Gasteiger partial charge on any atom is -0.484 e. The van der Waals surface area contributed by atoms with Gasteiger partial charge in [0, 0.05) is 29.8 Å². The van der Waals surface area contributed by atoms with Crippen molar-refractivity contribution < 1.29 is 19.5 Å². The summed E-state index contributed by atoms with van der Waals surface area (Å²) in [6.07, 6.45) is -0.996. The smallest absolute Gasteiger partial charge is 0.270 e. The van der Waals surface area contributed by atoms with Gasteiger partial charge < -0.3 is 14.6 Å². The number of fused-ring (bicyclic) bond motifs is 1. The third kappa shape index (κ3) is 2.82. The second-order valence-corrected chi connectivity index (χ2v) is 6.50. The largest absolute Gasteiger partial charge is 0.484 e. The van der Waals surface area contributed by atoms with E-state index in [1.165, 1.54) is 37.3 Å². The first-order chi connectivity index (χ1) is 11.6. The summed E-state index contributed by atoms with van der Waals surface area (Å²) < 4.78 is 11.6. The van der Waals surface area contributed by atoms with E-state index in [0.29, 0.717) is 11.3 Å². The topological polar surface area (TPSA) is 128 Å². The zero-order valence-electron chi connectivity index (χ0n) is 13.8. The van der Waals surface area contributed by atoms with Gasteiger partial charge in [-0.15, -0.1) is 5.10 Å². The zero-order chi connectivity index (χ0) is 18.4. The lowest BCUT2D eigenvalue weighted by Gasteiger charge is -2.48. The number of nitro groups is 1. The van der Waals surface area contributed by atoms with Crippen molar-refractivity contribution in [3.8, 4) is 11.6 Å². The molecule has 1 aromatic carbocycles. The van der Waals surface area contributed by atoms with Crippen molar-refractivity contribution in [2.45, 2.75) is 38.1 Å². The quantitative estimate of drug-likeness (QED) is 0.639. The highest BCUT2D eigenvalue weighted by Crippen LogP contribution is 2.48. The first-order valence-corrected chi connectivity index (χ1v) is 7.54. The molecule has 2 atom stereocenters. The van der Waals surface area contributed by atoms with Crippen LogP contribution in [-0.2, 0) is 0 Å². The van der Waals surface area contributed by atoms with Crippen LogP contribution in [0.3, 0.4) is 0 Å². The van der Waals surface area contributed by atoms with Gasteiger partial charge >= 0.3 is 0 Å². The molecular weight excluding hydrogens is 330 g/mol. The molecule has 0 saturated heterocycles. The van der Waals surface area contributed by atoms with Gasteiger partial charge in [-0.2, -0.15) is 0 Å². The highest BCUT2D eigenvalue weighted by Gasteiger charge is 2.54. The predicted octanol–water partition coefficient (Wildman–Crippen LogP) is 1.72. The number of nitrogens with zero attached hydrogens (tertiary/aromatic N) is 2. The number of hydrogen-bond acceptors (Lipinski definition) is 7. The van der Waals surface area contributed by atoms with Crippen molar-refractivity contribution in [2.75, 3.05) is 0 Å². The fraction of sp³-hybridized carbons (Fsp3) is 0.375. The van der Waals surface area contributed by atoms with Crippen LogP contribution in [-0.4, -0.2) is 31.4 Å². The molecule has 1 aromatic heterocycles. The summed E-state index contributed by atoms with van der Waals surface area (Å²) in [6, 6.07) is 6.69. The summed E-state index contributed by atoms with van der Waals surface area (Å²) in [4.78, 5) is 21.7. The molecule has 0 amide bonds. The van der Waals surface area contributed by atoms with Gasteiger partial charge in [0.2, 0.25) is 5.88 Å². The van der Waals surface area contributed by atoms with Crippen LogP contribution < -0.4 is 15.0 Å². The molecule has 2 aromatic rings. The number of benzene rings is 1. The number of aromatic nitrogens is 2. The van der Waals surface area contributed by atoms with E-state index in [1.54, 1.807) is 13.8 Å². The summed E-state index contributed by atoms with van der Waals surface area (Å²) in [7, 11) is 0. The Labute approximate surface area is 142 Å². The average molecular weight is 347 g/mol. The molecule has 132 valence electrons. The Balaban J connectivity index is 2.12.